The molecule has 2 aliphatic heterocycles. The van der Waals surface area contributed by atoms with Crippen LogP contribution < -0.4 is 81.8 Å². The molecule has 6 rings (SSSR count). The summed E-state index contributed by atoms with van der Waals surface area (Å²) in [6, 6.07) is 14.0. The van der Waals surface area contributed by atoms with Gasteiger partial charge in [-0.3, -0.25) is 62.7 Å². The minimum Gasteiger partial charge on any atom is -0.508 e. The fraction of sp³-hybridized carbons (Fsp3) is 0.471. The van der Waals surface area contributed by atoms with Crippen LogP contribution in [0.5, 0.6) is 11.5 Å². The Hall–Kier alpha value is -10.9. The van der Waals surface area contributed by atoms with E-state index in [1.807, 2.05) is 0 Å². The highest BCUT2D eigenvalue weighted by Gasteiger charge is 2.42. The molecule has 546 valence electrons. The van der Waals surface area contributed by atoms with E-state index in [2.05, 4.69) is 63.2 Å². The van der Waals surface area contributed by atoms with Crippen LogP contribution in [-0.4, -0.2) is 185 Å². The number of phenols is 2. The van der Waals surface area contributed by atoms with Gasteiger partial charge in [0.2, 0.25) is 65.0 Å². The molecule has 0 aliphatic carbocycles. The monoisotopic (exact) mass is 1400 g/mol. The normalized spacial score (nSPS) is 22.6. The first-order valence-corrected chi connectivity index (χ1v) is 34.1. The van der Waals surface area contributed by atoms with E-state index in [0.717, 1.165) is 0 Å². The number of carbonyl (C=O) groups excluding carboxylic acids is 11. The molecule has 0 radical (unpaired) electrons. The second kappa shape index (κ2) is 40.3. The van der Waals surface area contributed by atoms with Gasteiger partial charge >= 0.3 is 0 Å². The summed E-state index contributed by atoms with van der Waals surface area (Å²) in [4.78, 5) is 173. The van der Waals surface area contributed by atoms with Crippen LogP contribution in [0.4, 0.5) is 0 Å². The van der Waals surface area contributed by atoms with Gasteiger partial charge in [0.1, 0.15) is 71.9 Å². The van der Waals surface area contributed by atoms with Crippen molar-refractivity contribution in [1.82, 2.24) is 58.1 Å². The van der Waals surface area contributed by atoms with Crippen molar-refractivity contribution in [3.8, 4) is 11.5 Å². The van der Waals surface area contributed by atoms with Gasteiger partial charge in [-0.05, 0) is 117 Å². The van der Waals surface area contributed by atoms with E-state index < -0.39 is 138 Å². The van der Waals surface area contributed by atoms with Crippen LogP contribution >= 0.6 is 0 Å². The molecule has 2 saturated heterocycles. The third kappa shape index (κ3) is 26.1. The molecule has 0 bridgehead atoms. The summed E-state index contributed by atoms with van der Waals surface area (Å²) in [6.45, 7) is 5.20. The van der Waals surface area contributed by atoms with Crippen molar-refractivity contribution in [2.75, 3.05) is 32.7 Å². The van der Waals surface area contributed by atoms with Crippen molar-refractivity contribution in [3.63, 3.8) is 0 Å². The number of benzene rings is 4. The predicted octanol–water partition coefficient (Wildman–Crippen LogP) is -1.85. The Morgan fingerprint density at radius 1 is 0.485 bits per heavy atom. The Morgan fingerprint density at radius 2 is 0.851 bits per heavy atom. The molecule has 4 aromatic rings. The summed E-state index contributed by atoms with van der Waals surface area (Å²) < 4.78 is 0. The standard InChI is InChI=1S/C70H98N18O13/c1-4-32-76-57(91)40-54-64(97)80-49(20-12-33-77-69(72)73)60(93)83-53(38-45-25-29-47(90)30-26-45)65(98)87-58(41(2)3)67(100)81-48(19-11-31-71)59(92)82-51(37-44-23-27-46(89)28-24-44)63(96)86-55(39-43-17-9-6-10-18-43)68(101)88-35-14-22-56(88)66(99)85-52(36-42-15-7-5-8-16-42)62(95)79-50(61(94)84-54)21-13-34-78-70(74)75/h5-10,15-18,23-30,41,48-56,58,89-90H,4,11-14,19-22,31-40,71H2,1-3H3,(H,76,91)(H,79,95)(H,80,97)(H,81,100)(H,82,92)(H,83,93)(H,84,94)(H,85,99)(H,86,96)(H,87,98)(H4,72,73,77)(H4,74,75,78)/t48-,49-,50+,51-,52-,53-,54+,55+,56-,58-/m0/s1. The molecule has 2 heterocycles. The Balaban J connectivity index is 1.50. The zero-order chi connectivity index (χ0) is 73.5. The second-order valence-electron chi connectivity index (χ2n) is 25.4. The smallest absolute Gasteiger partial charge is 0.246 e. The predicted molar refractivity (Wildman–Crippen MR) is 377 cm³/mol. The molecule has 0 spiro atoms. The maximum atomic E-state index is 15.3. The summed E-state index contributed by atoms with van der Waals surface area (Å²) >= 11 is 0. The number of hydrogen-bond acceptors (Lipinski definition) is 16. The molecule has 4 aromatic carbocycles. The van der Waals surface area contributed by atoms with Crippen molar-refractivity contribution in [3.05, 3.63) is 131 Å². The zero-order valence-electron chi connectivity index (χ0n) is 57.3. The molecule has 31 nitrogen and oxygen atoms in total. The number of aromatic hydroxyl groups is 2. The molecule has 0 unspecified atom stereocenters. The minimum atomic E-state index is -1.77. The van der Waals surface area contributed by atoms with Gasteiger partial charge in [-0.15, -0.1) is 0 Å². The van der Waals surface area contributed by atoms with E-state index >= 15 is 14.4 Å². The minimum absolute atomic E-state index is 0.0320. The maximum Gasteiger partial charge on any atom is 0.246 e. The van der Waals surface area contributed by atoms with Crippen molar-refractivity contribution in [1.29, 1.82) is 0 Å². The number of nitrogens with one attached hydrogen (secondary N) is 10. The Bertz CT molecular complexity index is 3500. The van der Waals surface area contributed by atoms with Crippen molar-refractivity contribution >= 4 is 76.9 Å². The van der Waals surface area contributed by atoms with E-state index in [4.69, 9.17) is 28.7 Å². The first-order valence-electron chi connectivity index (χ1n) is 34.1. The quantitative estimate of drug-likeness (QED) is 0.0208. The van der Waals surface area contributed by atoms with Gasteiger partial charge in [-0.25, -0.2) is 0 Å². The SMILES string of the molecule is CCCNC(=O)C[C@H]1NC(=O)[C@@H](CCCN=C(N)N)NC(=O)[C@H](Cc2ccccc2)NC(=O)[C@@H]2CCCN2C(=O)[C@@H](Cc2ccccc2)NC(=O)[C@H](Cc2ccc(O)cc2)NC(=O)[C@H](CCCN)NC(=O)[C@H](C(C)C)NC(=O)[C@H](Cc2ccc(O)cc2)NC(=O)[C@H](CCCN=C(N)N)NC1=O. The van der Waals surface area contributed by atoms with Crippen molar-refractivity contribution in [2.45, 2.75) is 171 Å². The van der Waals surface area contributed by atoms with E-state index in [9.17, 15) is 48.6 Å². The van der Waals surface area contributed by atoms with Crippen molar-refractivity contribution in [2.24, 2.45) is 44.6 Å². The summed E-state index contributed by atoms with van der Waals surface area (Å²) in [7, 11) is 0. The number of amides is 11. The highest BCUT2D eigenvalue weighted by molar-refractivity contribution is 6.01. The van der Waals surface area contributed by atoms with Crippen LogP contribution in [0.25, 0.3) is 0 Å². The van der Waals surface area contributed by atoms with E-state index in [0.29, 0.717) is 35.1 Å². The molecular formula is C70H98N18O13. The number of phenolic OH excluding ortho intramolecular Hbond substituents is 2. The zero-order valence-corrected chi connectivity index (χ0v) is 57.3. The van der Waals surface area contributed by atoms with Crippen LogP contribution in [0.2, 0.25) is 0 Å². The van der Waals surface area contributed by atoms with E-state index in [1.165, 1.54) is 53.4 Å². The van der Waals surface area contributed by atoms with Gasteiger partial charge in [-0.1, -0.05) is 106 Å². The lowest BCUT2D eigenvalue weighted by Gasteiger charge is -2.31. The maximum absolute atomic E-state index is 15.3. The number of fused-ring (bicyclic) bond motifs is 1. The third-order valence-electron chi connectivity index (χ3n) is 17.0. The van der Waals surface area contributed by atoms with Gasteiger partial charge in [0.05, 0.1) is 6.42 Å². The molecule has 10 atom stereocenters. The van der Waals surface area contributed by atoms with Gasteiger partial charge in [0.25, 0.3) is 0 Å². The van der Waals surface area contributed by atoms with E-state index in [-0.39, 0.29) is 127 Å². The molecule has 11 amide bonds. The number of carbonyl (C=O) groups is 11. The first kappa shape index (κ1) is 79.1. The molecular weight excluding hydrogens is 1300 g/mol. The number of rotatable bonds is 24. The molecule has 2 fully saturated rings. The highest BCUT2D eigenvalue weighted by Crippen LogP contribution is 2.22. The number of guanidine groups is 2. The topological polar surface area (TPSA) is 507 Å². The van der Waals surface area contributed by atoms with Gasteiger partial charge in [0, 0.05) is 51.9 Å². The lowest BCUT2D eigenvalue weighted by molar-refractivity contribution is -0.142. The first-order chi connectivity index (χ1) is 48.3. The average molecular weight is 1400 g/mol. The second-order valence-corrected chi connectivity index (χ2v) is 25.4. The summed E-state index contributed by atoms with van der Waals surface area (Å²) in [6.07, 6.45) is -0.751. The summed E-state index contributed by atoms with van der Waals surface area (Å²) in [5.74, 6) is -11.0. The van der Waals surface area contributed by atoms with Crippen LogP contribution in [-0.2, 0) is 78.4 Å². The van der Waals surface area contributed by atoms with Crippen LogP contribution in [0.1, 0.15) is 107 Å². The molecule has 31 heteroatoms. The molecule has 0 aromatic heterocycles. The number of aliphatic imine (C=N–C) groups is 2. The Labute approximate surface area is 586 Å². The highest BCUT2D eigenvalue weighted by atomic mass is 16.3. The lowest BCUT2D eigenvalue weighted by atomic mass is 9.99. The summed E-state index contributed by atoms with van der Waals surface area (Å²) in [5.41, 5.74) is 30.6. The van der Waals surface area contributed by atoms with Crippen LogP contribution in [0, 0.1) is 5.92 Å². The Morgan fingerprint density at radius 3 is 1.29 bits per heavy atom. The number of nitrogens with two attached hydrogens (primary N) is 5. The Kier molecular flexibility index (Phi) is 31.6. The fourth-order valence-corrected chi connectivity index (χ4v) is 11.6. The van der Waals surface area contributed by atoms with Gasteiger partial charge < -0.3 is 96.9 Å². The van der Waals surface area contributed by atoms with Crippen LogP contribution in [0.15, 0.2) is 119 Å². The molecule has 0 saturated carbocycles. The van der Waals surface area contributed by atoms with Crippen molar-refractivity contribution < 1.29 is 63.0 Å². The summed E-state index contributed by atoms with van der Waals surface area (Å²) in [5, 5.41) is 47.8. The fourth-order valence-electron chi connectivity index (χ4n) is 11.6. The molecule has 2 aliphatic rings. The molecule has 22 N–H and O–H groups in total. The molecule has 101 heavy (non-hydrogen) atoms. The number of hydrogen-bond donors (Lipinski definition) is 17. The number of nitrogens with zero attached hydrogens (tertiary/aromatic N) is 3. The van der Waals surface area contributed by atoms with Crippen LogP contribution in [0.3, 0.4) is 0 Å². The third-order valence-corrected chi connectivity index (χ3v) is 17.0. The van der Waals surface area contributed by atoms with E-state index in [1.54, 1.807) is 81.4 Å². The van der Waals surface area contributed by atoms with Gasteiger partial charge in [-0.2, -0.15) is 0 Å². The van der Waals surface area contributed by atoms with Gasteiger partial charge in [0.15, 0.2) is 11.9 Å². The largest absolute Gasteiger partial charge is 0.508 e. The average Bonchev–Trinajstić information content (AvgIpc) is 1.78. The lowest BCUT2D eigenvalue weighted by Crippen LogP contribution is -2.62.